The van der Waals surface area contributed by atoms with Crippen molar-refractivity contribution in [2.45, 2.75) is 106 Å². The Morgan fingerprint density at radius 1 is 0.696 bits per heavy atom. The van der Waals surface area contributed by atoms with E-state index in [2.05, 4.69) is 41.5 Å². The van der Waals surface area contributed by atoms with Crippen LogP contribution in [0.5, 0.6) is 0 Å². The fraction of sp³-hybridized carbons (Fsp3) is 1.00. The van der Waals surface area contributed by atoms with Gasteiger partial charge in [0.1, 0.15) is 0 Å². The maximum absolute atomic E-state index is 2.69. The van der Waals surface area contributed by atoms with Crippen molar-refractivity contribution in [3.8, 4) is 0 Å². The molecule has 0 aromatic carbocycles. The standard InChI is InChI=1S/C23H44/c1-17(2)22(19(5)20-13-9-7-10-14-20)23(6,18(3)4)21-15-11-8-12-16-21/h17-22H,7-16H2,1-6H3. The van der Waals surface area contributed by atoms with Crippen LogP contribution in [0.2, 0.25) is 0 Å². The molecular weight excluding hydrogens is 276 g/mol. The zero-order valence-corrected chi connectivity index (χ0v) is 17.0. The molecular formula is C23H44. The van der Waals surface area contributed by atoms with Gasteiger partial charge < -0.3 is 0 Å². The van der Waals surface area contributed by atoms with Gasteiger partial charge in [0.2, 0.25) is 0 Å². The first-order valence-corrected chi connectivity index (χ1v) is 10.9. The quantitative estimate of drug-likeness (QED) is 0.470. The second-order valence-electron chi connectivity index (χ2n) is 9.88. The summed E-state index contributed by atoms with van der Waals surface area (Å²) in [6, 6.07) is 0. The Kier molecular flexibility index (Phi) is 7.05. The van der Waals surface area contributed by atoms with Crippen LogP contribution in [0.25, 0.3) is 0 Å². The van der Waals surface area contributed by atoms with Gasteiger partial charge in [-0.25, -0.2) is 0 Å². The fourth-order valence-electron chi connectivity index (χ4n) is 6.70. The van der Waals surface area contributed by atoms with Crippen molar-refractivity contribution in [1.29, 1.82) is 0 Å². The molecule has 3 unspecified atom stereocenters. The molecule has 0 nitrogen and oxygen atoms in total. The molecule has 0 saturated heterocycles. The van der Waals surface area contributed by atoms with Crippen molar-refractivity contribution in [2.75, 3.05) is 0 Å². The van der Waals surface area contributed by atoms with Crippen molar-refractivity contribution < 1.29 is 0 Å². The first kappa shape index (κ1) is 19.3. The van der Waals surface area contributed by atoms with Gasteiger partial charge in [0.15, 0.2) is 0 Å². The highest BCUT2D eigenvalue weighted by Crippen LogP contribution is 2.55. The first-order chi connectivity index (χ1) is 10.9. The van der Waals surface area contributed by atoms with Crippen LogP contribution in [0.4, 0.5) is 0 Å². The molecule has 136 valence electrons. The van der Waals surface area contributed by atoms with Gasteiger partial charge in [0, 0.05) is 0 Å². The summed E-state index contributed by atoms with van der Waals surface area (Å²) >= 11 is 0. The van der Waals surface area contributed by atoms with Gasteiger partial charge in [-0.05, 0) is 53.8 Å². The Hall–Kier alpha value is 0. The minimum atomic E-state index is 0.533. The van der Waals surface area contributed by atoms with Gasteiger partial charge >= 0.3 is 0 Å². The summed E-state index contributed by atoms with van der Waals surface area (Å²) in [5, 5.41) is 0. The van der Waals surface area contributed by atoms with Crippen molar-refractivity contribution in [2.24, 2.45) is 40.9 Å². The second kappa shape index (κ2) is 8.39. The van der Waals surface area contributed by atoms with Gasteiger partial charge in [-0.2, -0.15) is 0 Å². The fourth-order valence-corrected chi connectivity index (χ4v) is 6.70. The third-order valence-corrected chi connectivity index (χ3v) is 8.13. The maximum Gasteiger partial charge on any atom is -0.0241 e. The van der Waals surface area contributed by atoms with Crippen LogP contribution in [0.15, 0.2) is 0 Å². The molecule has 23 heavy (non-hydrogen) atoms. The lowest BCUT2D eigenvalue weighted by molar-refractivity contribution is -0.0525. The van der Waals surface area contributed by atoms with Crippen LogP contribution in [-0.2, 0) is 0 Å². The Morgan fingerprint density at radius 3 is 1.61 bits per heavy atom. The molecule has 0 aliphatic heterocycles. The van der Waals surface area contributed by atoms with Crippen LogP contribution in [0, 0.1) is 40.9 Å². The highest BCUT2D eigenvalue weighted by molar-refractivity contribution is 4.96. The van der Waals surface area contributed by atoms with Crippen LogP contribution < -0.4 is 0 Å². The van der Waals surface area contributed by atoms with E-state index >= 15 is 0 Å². The Morgan fingerprint density at radius 2 is 1.17 bits per heavy atom. The largest absolute Gasteiger partial charge is 0.0625 e. The van der Waals surface area contributed by atoms with E-state index in [1.807, 2.05) is 0 Å². The lowest BCUT2D eigenvalue weighted by atomic mass is 9.51. The summed E-state index contributed by atoms with van der Waals surface area (Å²) in [5.74, 6) is 5.40. The molecule has 0 aromatic heterocycles. The van der Waals surface area contributed by atoms with E-state index in [9.17, 15) is 0 Å². The van der Waals surface area contributed by atoms with Gasteiger partial charge in [-0.1, -0.05) is 92.9 Å². The molecule has 0 bridgehead atoms. The summed E-state index contributed by atoms with van der Waals surface area (Å²) in [6.45, 7) is 15.4. The first-order valence-electron chi connectivity index (χ1n) is 10.9. The molecule has 0 N–H and O–H groups in total. The van der Waals surface area contributed by atoms with Gasteiger partial charge in [0.25, 0.3) is 0 Å². The minimum absolute atomic E-state index is 0.533. The molecule has 2 rings (SSSR count). The molecule has 0 heterocycles. The molecule has 0 spiro atoms. The third-order valence-electron chi connectivity index (χ3n) is 8.13. The molecule has 0 aromatic rings. The Balaban J connectivity index is 2.26. The molecule has 0 radical (unpaired) electrons. The highest BCUT2D eigenvalue weighted by atomic mass is 14.5. The summed E-state index contributed by atoms with van der Waals surface area (Å²) in [7, 11) is 0. The van der Waals surface area contributed by atoms with Gasteiger partial charge in [-0.15, -0.1) is 0 Å². The lowest BCUT2D eigenvalue weighted by Crippen LogP contribution is -2.47. The van der Waals surface area contributed by atoms with E-state index in [1.165, 1.54) is 64.2 Å². The van der Waals surface area contributed by atoms with Crippen molar-refractivity contribution in [1.82, 2.24) is 0 Å². The Bertz CT molecular complexity index is 330. The summed E-state index contributed by atoms with van der Waals surface area (Å²) in [5.41, 5.74) is 0.533. The minimum Gasteiger partial charge on any atom is -0.0625 e. The number of hydrogen-bond acceptors (Lipinski definition) is 0. The van der Waals surface area contributed by atoms with E-state index < -0.39 is 0 Å². The molecule has 2 saturated carbocycles. The van der Waals surface area contributed by atoms with Crippen molar-refractivity contribution >= 4 is 0 Å². The zero-order chi connectivity index (χ0) is 17.0. The van der Waals surface area contributed by atoms with Crippen LogP contribution in [0.1, 0.15) is 106 Å². The summed E-state index contributed by atoms with van der Waals surface area (Å²) in [4.78, 5) is 0. The van der Waals surface area contributed by atoms with Crippen molar-refractivity contribution in [3.05, 3.63) is 0 Å². The highest BCUT2D eigenvalue weighted by Gasteiger charge is 2.48. The lowest BCUT2D eigenvalue weighted by Gasteiger charge is -2.54. The van der Waals surface area contributed by atoms with E-state index in [-0.39, 0.29) is 0 Å². The summed E-state index contributed by atoms with van der Waals surface area (Å²) < 4.78 is 0. The normalized spacial score (nSPS) is 27.1. The third kappa shape index (κ3) is 4.16. The van der Waals surface area contributed by atoms with Crippen LogP contribution >= 0.6 is 0 Å². The predicted molar refractivity (Wildman–Crippen MR) is 104 cm³/mol. The van der Waals surface area contributed by atoms with E-state index in [1.54, 1.807) is 0 Å². The average Bonchev–Trinajstić information content (AvgIpc) is 2.55. The molecule has 2 aliphatic rings. The smallest absolute Gasteiger partial charge is 0.0241 e. The van der Waals surface area contributed by atoms with E-state index in [0.717, 1.165) is 35.5 Å². The number of hydrogen-bond donors (Lipinski definition) is 0. The SMILES string of the molecule is CC(C)C(C(C)C1CCCCC1)C(C)(C(C)C)C1CCCCC1. The number of rotatable bonds is 6. The monoisotopic (exact) mass is 320 g/mol. The van der Waals surface area contributed by atoms with Crippen LogP contribution in [-0.4, -0.2) is 0 Å². The molecule has 0 amide bonds. The topological polar surface area (TPSA) is 0 Å². The van der Waals surface area contributed by atoms with E-state index in [0.29, 0.717) is 5.41 Å². The zero-order valence-electron chi connectivity index (χ0n) is 17.0. The van der Waals surface area contributed by atoms with Gasteiger partial charge in [-0.3, -0.25) is 0 Å². The van der Waals surface area contributed by atoms with Crippen LogP contribution in [0.3, 0.4) is 0 Å². The van der Waals surface area contributed by atoms with E-state index in [4.69, 9.17) is 0 Å². The summed E-state index contributed by atoms with van der Waals surface area (Å²) in [6.07, 6.45) is 14.9. The second-order valence-corrected chi connectivity index (χ2v) is 9.88. The molecule has 2 aliphatic carbocycles. The van der Waals surface area contributed by atoms with Gasteiger partial charge in [0.05, 0.1) is 0 Å². The average molecular weight is 321 g/mol. The molecule has 0 heteroatoms. The maximum atomic E-state index is 2.69. The predicted octanol–water partition coefficient (Wildman–Crippen LogP) is 7.72. The molecule has 2 fully saturated rings. The molecule has 3 atom stereocenters. The Labute approximate surface area is 147 Å². The van der Waals surface area contributed by atoms with Crippen molar-refractivity contribution in [3.63, 3.8) is 0 Å².